The van der Waals surface area contributed by atoms with E-state index in [1.54, 1.807) is 16.2 Å². The first-order chi connectivity index (χ1) is 9.63. The second kappa shape index (κ2) is 7.06. The van der Waals surface area contributed by atoms with Crippen molar-refractivity contribution in [1.82, 2.24) is 9.80 Å². The Morgan fingerprint density at radius 1 is 1.45 bits per heavy atom. The highest BCUT2D eigenvalue weighted by Gasteiger charge is 2.30. The van der Waals surface area contributed by atoms with E-state index in [1.807, 2.05) is 13.8 Å². The molecule has 0 aliphatic carbocycles. The molecule has 0 radical (unpaired) electrons. The molecule has 2 N–H and O–H groups in total. The molecule has 0 saturated carbocycles. The fraction of sp³-hybridized carbons (Fsp3) is 0.643. The third-order valence-electron chi connectivity index (χ3n) is 3.57. The number of piperazine rings is 1. The molecule has 5 nitrogen and oxygen atoms in total. The average molecular weight is 297 g/mol. The van der Waals surface area contributed by atoms with E-state index in [0.29, 0.717) is 19.7 Å². The van der Waals surface area contributed by atoms with Crippen LogP contribution < -0.4 is 5.73 Å². The van der Waals surface area contributed by atoms with Crippen LogP contribution in [0, 0.1) is 0 Å². The summed E-state index contributed by atoms with van der Waals surface area (Å²) in [6, 6.07) is 4.50. The summed E-state index contributed by atoms with van der Waals surface area (Å²) in [5, 5.41) is 2.08. The Labute approximate surface area is 124 Å². The van der Waals surface area contributed by atoms with E-state index in [1.165, 1.54) is 4.88 Å². The van der Waals surface area contributed by atoms with Gasteiger partial charge in [-0.2, -0.15) is 0 Å². The minimum absolute atomic E-state index is 0.0720. The molecule has 0 aromatic carbocycles. The Morgan fingerprint density at radius 3 is 2.65 bits per heavy atom. The standard InChI is InChI=1S/C14H23N3O2S/c1-3-19-14(18)17-8-6-16(7-9-17)13(11(2)15)12-5-4-10-20-12/h4-5,10-11,13H,3,6-9,15H2,1-2H3. The van der Waals surface area contributed by atoms with Gasteiger partial charge in [0.25, 0.3) is 0 Å². The summed E-state index contributed by atoms with van der Waals surface area (Å²) in [6.45, 7) is 7.38. The zero-order chi connectivity index (χ0) is 14.5. The molecule has 112 valence electrons. The monoisotopic (exact) mass is 297 g/mol. The highest BCUT2D eigenvalue weighted by molar-refractivity contribution is 7.10. The van der Waals surface area contributed by atoms with E-state index in [0.717, 1.165) is 13.1 Å². The van der Waals surface area contributed by atoms with Crippen molar-refractivity contribution >= 4 is 17.4 Å². The lowest BCUT2D eigenvalue weighted by atomic mass is 10.1. The fourth-order valence-electron chi connectivity index (χ4n) is 2.63. The van der Waals surface area contributed by atoms with Gasteiger partial charge in [0, 0.05) is 37.1 Å². The summed E-state index contributed by atoms with van der Waals surface area (Å²) in [5.41, 5.74) is 6.16. The minimum Gasteiger partial charge on any atom is -0.450 e. The zero-order valence-electron chi connectivity index (χ0n) is 12.1. The molecule has 2 atom stereocenters. The van der Waals surface area contributed by atoms with Crippen LogP contribution in [0.4, 0.5) is 4.79 Å². The first-order valence-electron chi connectivity index (χ1n) is 7.08. The van der Waals surface area contributed by atoms with Crippen LogP contribution in [0.5, 0.6) is 0 Å². The van der Waals surface area contributed by atoms with E-state index in [9.17, 15) is 4.79 Å². The van der Waals surface area contributed by atoms with Gasteiger partial charge in [-0.05, 0) is 25.3 Å². The molecule has 0 bridgehead atoms. The van der Waals surface area contributed by atoms with Gasteiger partial charge in [0.2, 0.25) is 0 Å². The predicted molar refractivity (Wildman–Crippen MR) is 80.9 cm³/mol. The molecular weight excluding hydrogens is 274 g/mol. The zero-order valence-corrected chi connectivity index (χ0v) is 12.9. The van der Waals surface area contributed by atoms with Gasteiger partial charge in [-0.15, -0.1) is 11.3 Å². The Bertz CT molecular complexity index is 414. The van der Waals surface area contributed by atoms with Crippen LogP contribution in [-0.4, -0.2) is 54.7 Å². The van der Waals surface area contributed by atoms with Crippen molar-refractivity contribution < 1.29 is 9.53 Å². The molecule has 1 aliphatic rings. The fourth-order valence-corrected chi connectivity index (χ4v) is 3.60. The molecule has 20 heavy (non-hydrogen) atoms. The third-order valence-corrected chi connectivity index (χ3v) is 4.51. The summed E-state index contributed by atoms with van der Waals surface area (Å²) in [6.07, 6.45) is -0.208. The van der Waals surface area contributed by atoms with E-state index in [-0.39, 0.29) is 18.2 Å². The molecule has 2 heterocycles. The van der Waals surface area contributed by atoms with E-state index < -0.39 is 0 Å². The van der Waals surface area contributed by atoms with Crippen LogP contribution in [0.3, 0.4) is 0 Å². The van der Waals surface area contributed by atoms with E-state index >= 15 is 0 Å². The van der Waals surface area contributed by atoms with Crippen LogP contribution in [0.1, 0.15) is 24.8 Å². The van der Waals surface area contributed by atoms with Gasteiger partial charge in [0.05, 0.1) is 12.6 Å². The average Bonchev–Trinajstić information content (AvgIpc) is 2.93. The van der Waals surface area contributed by atoms with Crippen molar-refractivity contribution in [1.29, 1.82) is 0 Å². The molecule has 1 amide bonds. The van der Waals surface area contributed by atoms with Crippen molar-refractivity contribution in [3.8, 4) is 0 Å². The number of amides is 1. The highest BCUT2D eigenvalue weighted by Crippen LogP contribution is 2.28. The lowest BCUT2D eigenvalue weighted by Crippen LogP contribution is -2.52. The normalized spacial score (nSPS) is 19.6. The maximum absolute atomic E-state index is 11.7. The number of carbonyl (C=O) groups is 1. The van der Waals surface area contributed by atoms with E-state index in [4.69, 9.17) is 10.5 Å². The summed E-state index contributed by atoms with van der Waals surface area (Å²) in [7, 11) is 0. The van der Waals surface area contributed by atoms with Crippen molar-refractivity contribution in [2.45, 2.75) is 25.9 Å². The van der Waals surface area contributed by atoms with Gasteiger partial charge in [0.1, 0.15) is 0 Å². The molecule has 6 heteroatoms. The van der Waals surface area contributed by atoms with Crippen LogP contribution in [0.15, 0.2) is 17.5 Å². The Hall–Kier alpha value is -1.11. The molecule has 1 fully saturated rings. The summed E-state index contributed by atoms with van der Waals surface area (Å²) in [4.78, 5) is 17.1. The largest absolute Gasteiger partial charge is 0.450 e. The van der Waals surface area contributed by atoms with Gasteiger partial charge in [0.15, 0.2) is 0 Å². The van der Waals surface area contributed by atoms with Gasteiger partial charge in [-0.3, -0.25) is 4.90 Å². The quantitative estimate of drug-likeness (QED) is 0.922. The third kappa shape index (κ3) is 3.50. The van der Waals surface area contributed by atoms with Crippen molar-refractivity contribution in [2.24, 2.45) is 5.73 Å². The van der Waals surface area contributed by atoms with Crippen LogP contribution >= 0.6 is 11.3 Å². The van der Waals surface area contributed by atoms with Crippen molar-refractivity contribution in [3.05, 3.63) is 22.4 Å². The highest BCUT2D eigenvalue weighted by atomic mass is 32.1. The maximum Gasteiger partial charge on any atom is 0.409 e. The summed E-state index contributed by atoms with van der Waals surface area (Å²) >= 11 is 1.74. The second-order valence-corrected chi connectivity index (χ2v) is 6.02. The number of rotatable bonds is 4. The number of nitrogens with zero attached hydrogens (tertiary/aromatic N) is 2. The number of hydrogen-bond acceptors (Lipinski definition) is 5. The van der Waals surface area contributed by atoms with Crippen molar-refractivity contribution in [3.63, 3.8) is 0 Å². The topological polar surface area (TPSA) is 58.8 Å². The SMILES string of the molecule is CCOC(=O)N1CCN(C(c2cccs2)C(C)N)CC1. The summed E-state index contributed by atoms with van der Waals surface area (Å²) in [5.74, 6) is 0. The number of ether oxygens (including phenoxy) is 1. The Kier molecular flexibility index (Phi) is 5.39. The van der Waals surface area contributed by atoms with Gasteiger partial charge in [-0.1, -0.05) is 6.07 Å². The second-order valence-electron chi connectivity index (χ2n) is 5.04. The lowest BCUT2D eigenvalue weighted by molar-refractivity contribution is 0.0625. The Balaban J connectivity index is 1.96. The number of nitrogens with two attached hydrogens (primary N) is 1. The molecule has 1 saturated heterocycles. The first kappa shape index (κ1) is 15.3. The molecule has 2 unspecified atom stereocenters. The number of thiophene rings is 1. The first-order valence-corrected chi connectivity index (χ1v) is 7.96. The molecule has 1 aromatic rings. The maximum atomic E-state index is 11.7. The predicted octanol–water partition coefficient (Wildman–Crippen LogP) is 1.91. The molecule has 2 rings (SSSR count). The Morgan fingerprint density at radius 2 is 2.15 bits per heavy atom. The van der Waals surface area contributed by atoms with E-state index in [2.05, 4.69) is 22.4 Å². The number of carbonyl (C=O) groups excluding carboxylic acids is 1. The number of hydrogen-bond donors (Lipinski definition) is 1. The smallest absolute Gasteiger partial charge is 0.409 e. The molecule has 0 spiro atoms. The van der Waals surface area contributed by atoms with Crippen LogP contribution in [0.2, 0.25) is 0 Å². The lowest BCUT2D eigenvalue weighted by Gasteiger charge is -2.40. The van der Waals surface area contributed by atoms with Crippen LogP contribution in [0.25, 0.3) is 0 Å². The van der Waals surface area contributed by atoms with Crippen molar-refractivity contribution in [2.75, 3.05) is 32.8 Å². The van der Waals surface area contributed by atoms with Gasteiger partial charge >= 0.3 is 6.09 Å². The summed E-state index contributed by atoms with van der Waals surface area (Å²) < 4.78 is 5.04. The molecule has 1 aromatic heterocycles. The molecular formula is C14H23N3O2S. The van der Waals surface area contributed by atoms with Crippen LogP contribution in [-0.2, 0) is 4.74 Å². The van der Waals surface area contributed by atoms with Gasteiger partial charge < -0.3 is 15.4 Å². The minimum atomic E-state index is -0.208. The van der Waals surface area contributed by atoms with Gasteiger partial charge in [-0.25, -0.2) is 4.79 Å². The molecule has 1 aliphatic heterocycles.